The van der Waals surface area contributed by atoms with Crippen LogP contribution in [0.1, 0.15) is 42.3 Å². The first-order valence-corrected chi connectivity index (χ1v) is 10.7. The molecule has 2 heterocycles. The normalized spacial score (nSPS) is 11.2. The van der Waals surface area contributed by atoms with Crippen molar-refractivity contribution in [2.24, 2.45) is 0 Å². The van der Waals surface area contributed by atoms with Gasteiger partial charge in [0.05, 0.1) is 5.69 Å². The van der Waals surface area contributed by atoms with Crippen LogP contribution in [0.3, 0.4) is 0 Å². The minimum atomic E-state index is -0.160. The molecule has 0 saturated heterocycles. The fraction of sp³-hybridized carbons (Fsp3) is 0.192. The molecule has 0 aliphatic rings. The van der Waals surface area contributed by atoms with Gasteiger partial charge in [0.2, 0.25) is 5.95 Å². The Balaban J connectivity index is 1.51. The Bertz CT molecular complexity index is 1260. The molecule has 7 nitrogen and oxygen atoms in total. The van der Waals surface area contributed by atoms with Crippen molar-refractivity contribution in [3.8, 4) is 11.3 Å². The van der Waals surface area contributed by atoms with Gasteiger partial charge in [0, 0.05) is 41.1 Å². The van der Waals surface area contributed by atoms with E-state index in [0.717, 1.165) is 16.8 Å². The first-order chi connectivity index (χ1) is 15.8. The van der Waals surface area contributed by atoms with Crippen molar-refractivity contribution in [3.05, 3.63) is 90.1 Å². The molecule has 1 amide bonds. The van der Waals surface area contributed by atoms with Crippen molar-refractivity contribution < 1.29 is 4.79 Å². The van der Waals surface area contributed by atoms with E-state index >= 15 is 0 Å². The third kappa shape index (κ3) is 5.38. The smallest absolute Gasteiger partial charge is 0.255 e. The van der Waals surface area contributed by atoms with Crippen molar-refractivity contribution in [1.29, 1.82) is 0 Å². The predicted octanol–water partition coefficient (Wildman–Crippen LogP) is 5.54. The van der Waals surface area contributed by atoms with Crippen LogP contribution in [0.25, 0.3) is 11.3 Å². The van der Waals surface area contributed by atoms with Crippen LogP contribution in [-0.4, -0.2) is 25.8 Å². The van der Waals surface area contributed by atoms with Crippen LogP contribution < -0.4 is 10.6 Å². The SMILES string of the molecule is Cc1ccc(NC(=O)c2ccc(C(C)(C)C)cc2)cc1Nc1nccc(-c2cncnc2)n1. The zero-order valence-corrected chi connectivity index (χ0v) is 19.1. The van der Waals surface area contributed by atoms with E-state index in [2.05, 4.69) is 51.3 Å². The molecule has 0 spiro atoms. The first-order valence-electron chi connectivity index (χ1n) is 10.7. The fourth-order valence-corrected chi connectivity index (χ4v) is 3.29. The number of nitrogens with zero attached hydrogens (tertiary/aromatic N) is 4. The minimum Gasteiger partial charge on any atom is -0.324 e. The van der Waals surface area contributed by atoms with Gasteiger partial charge in [-0.3, -0.25) is 4.79 Å². The number of anilines is 3. The molecule has 0 saturated carbocycles. The maximum absolute atomic E-state index is 12.8. The number of carbonyl (C=O) groups is 1. The number of aromatic nitrogens is 4. The second kappa shape index (κ2) is 9.16. The summed E-state index contributed by atoms with van der Waals surface area (Å²) in [5.74, 6) is 0.285. The first kappa shape index (κ1) is 22.1. The van der Waals surface area contributed by atoms with Crippen molar-refractivity contribution >= 4 is 23.2 Å². The summed E-state index contributed by atoms with van der Waals surface area (Å²) in [6, 6.07) is 15.2. The lowest BCUT2D eigenvalue weighted by Gasteiger charge is -2.19. The number of hydrogen-bond donors (Lipinski definition) is 2. The molecule has 4 rings (SSSR count). The summed E-state index contributed by atoms with van der Waals surface area (Å²) in [6.07, 6.45) is 6.56. The predicted molar refractivity (Wildman–Crippen MR) is 131 cm³/mol. The molecular weight excluding hydrogens is 412 g/mol. The van der Waals surface area contributed by atoms with E-state index in [1.165, 1.54) is 11.9 Å². The highest BCUT2D eigenvalue weighted by molar-refractivity contribution is 6.04. The minimum absolute atomic E-state index is 0.0411. The lowest BCUT2D eigenvalue weighted by Crippen LogP contribution is -2.14. The Hall–Kier alpha value is -4.13. The molecule has 0 fully saturated rings. The van der Waals surface area contributed by atoms with Crippen molar-refractivity contribution in [2.45, 2.75) is 33.1 Å². The molecular formula is C26H26N6O. The van der Waals surface area contributed by atoms with Crippen LogP contribution in [0.2, 0.25) is 0 Å². The number of hydrogen-bond acceptors (Lipinski definition) is 6. The molecule has 7 heteroatoms. The fourth-order valence-electron chi connectivity index (χ4n) is 3.29. The van der Waals surface area contributed by atoms with E-state index in [-0.39, 0.29) is 11.3 Å². The lowest BCUT2D eigenvalue weighted by atomic mass is 9.87. The number of nitrogens with one attached hydrogen (secondary N) is 2. The van der Waals surface area contributed by atoms with Gasteiger partial charge in [-0.05, 0) is 53.8 Å². The van der Waals surface area contributed by atoms with Gasteiger partial charge < -0.3 is 10.6 Å². The third-order valence-electron chi connectivity index (χ3n) is 5.27. The summed E-state index contributed by atoms with van der Waals surface area (Å²) in [7, 11) is 0. The maximum Gasteiger partial charge on any atom is 0.255 e. The van der Waals surface area contributed by atoms with E-state index in [1.807, 2.05) is 49.4 Å². The van der Waals surface area contributed by atoms with E-state index in [0.29, 0.717) is 22.9 Å². The van der Waals surface area contributed by atoms with Crippen LogP contribution in [-0.2, 0) is 5.41 Å². The van der Waals surface area contributed by atoms with Crippen molar-refractivity contribution in [3.63, 3.8) is 0 Å². The van der Waals surface area contributed by atoms with Crippen molar-refractivity contribution in [2.75, 3.05) is 10.6 Å². The average molecular weight is 439 g/mol. The molecule has 166 valence electrons. The van der Waals surface area contributed by atoms with Gasteiger partial charge in [0.1, 0.15) is 6.33 Å². The Labute approximate surface area is 193 Å². The summed E-state index contributed by atoms with van der Waals surface area (Å²) in [5.41, 5.74) is 5.84. The zero-order valence-electron chi connectivity index (χ0n) is 19.1. The standard InChI is InChI=1S/C26H26N6O/c1-17-5-10-21(30-24(33)18-6-8-20(9-7-18)26(2,3)4)13-23(17)32-25-29-12-11-22(31-25)19-14-27-16-28-15-19/h5-16H,1-4H3,(H,30,33)(H,29,31,32). The van der Waals surface area contributed by atoms with Gasteiger partial charge in [-0.1, -0.05) is 39.0 Å². The largest absolute Gasteiger partial charge is 0.324 e. The summed E-state index contributed by atoms with van der Waals surface area (Å²) in [5, 5.41) is 6.22. The maximum atomic E-state index is 12.8. The summed E-state index contributed by atoms with van der Waals surface area (Å²) in [6.45, 7) is 8.43. The van der Waals surface area contributed by atoms with Crippen LogP contribution in [0.5, 0.6) is 0 Å². The van der Waals surface area contributed by atoms with Gasteiger partial charge in [-0.25, -0.2) is 19.9 Å². The summed E-state index contributed by atoms with van der Waals surface area (Å²) < 4.78 is 0. The highest BCUT2D eigenvalue weighted by Gasteiger charge is 2.15. The molecule has 33 heavy (non-hydrogen) atoms. The highest BCUT2D eigenvalue weighted by Crippen LogP contribution is 2.25. The highest BCUT2D eigenvalue weighted by atomic mass is 16.1. The molecule has 2 aromatic heterocycles. The average Bonchev–Trinajstić information content (AvgIpc) is 2.81. The molecule has 0 bridgehead atoms. The summed E-state index contributed by atoms with van der Waals surface area (Å²) >= 11 is 0. The van der Waals surface area contributed by atoms with Crippen LogP contribution in [0.15, 0.2) is 73.4 Å². The molecule has 0 aliphatic heterocycles. The van der Waals surface area contributed by atoms with Crippen LogP contribution in [0.4, 0.5) is 17.3 Å². The lowest BCUT2D eigenvalue weighted by molar-refractivity contribution is 0.102. The Morgan fingerprint density at radius 2 is 1.67 bits per heavy atom. The van der Waals surface area contributed by atoms with Crippen molar-refractivity contribution in [1.82, 2.24) is 19.9 Å². The Morgan fingerprint density at radius 3 is 2.36 bits per heavy atom. The molecule has 2 aromatic carbocycles. The van der Waals surface area contributed by atoms with Gasteiger partial charge in [0.25, 0.3) is 5.91 Å². The molecule has 0 unspecified atom stereocenters. The molecule has 0 aliphatic carbocycles. The summed E-state index contributed by atoms with van der Waals surface area (Å²) in [4.78, 5) is 29.7. The van der Waals surface area contributed by atoms with Crippen LogP contribution in [0, 0.1) is 6.92 Å². The van der Waals surface area contributed by atoms with Gasteiger partial charge in [0.15, 0.2) is 0 Å². The number of aryl methyl sites for hydroxylation is 1. The van der Waals surface area contributed by atoms with Gasteiger partial charge >= 0.3 is 0 Å². The number of carbonyl (C=O) groups excluding carboxylic acids is 1. The molecule has 0 atom stereocenters. The van der Waals surface area contributed by atoms with E-state index in [4.69, 9.17) is 0 Å². The Morgan fingerprint density at radius 1 is 0.939 bits per heavy atom. The quantitative estimate of drug-likeness (QED) is 0.425. The Kier molecular flexibility index (Phi) is 6.13. The number of rotatable bonds is 5. The van der Waals surface area contributed by atoms with Gasteiger partial charge in [-0.15, -0.1) is 0 Å². The van der Waals surface area contributed by atoms with E-state index in [9.17, 15) is 4.79 Å². The third-order valence-corrected chi connectivity index (χ3v) is 5.27. The van der Waals surface area contributed by atoms with Gasteiger partial charge in [-0.2, -0.15) is 0 Å². The van der Waals surface area contributed by atoms with E-state index in [1.54, 1.807) is 24.7 Å². The monoisotopic (exact) mass is 438 g/mol. The second-order valence-electron chi connectivity index (χ2n) is 8.83. The van der Waals surface area contributed by atoms with Crippen LogP contribution >= 0.6 is 0 Å². The second-order valence-corrected chi connectivity index (χ2v) is 8.83. The molecule has 2 N–H and O–H groups in total. The number of amides is 1. The number of benzene rings is 2. The van der Waals surface area contributed by atoms with E-state index < -0.39 is 0 Å². The topological polar surface area (TPSA) is 92.7 Å². The zero-order chi connectivity index (χ0) is 23.4. The molecule has 0 radical (unpaired) electrons. The molecule has 4 aromatic rings.